The normalized spacial score (nSPS) is 17.0. The Kier molecular flexibility index (Phi) is 5.39. The van der Waals surface area contributed by atoms with E-state index in [2.05, 4.69) is 10.6 Å². The summed E-state index contributed by atoms with van der Waals surface area (Å²) in [7, 11) is 0. The van der Waals surface area contributed by atoms with Gasteiger partial charge in [-0.05, 0) is 24.1 Å². The first-order valence-electron chi connectivity index (χ1n) is 8.53. The van der Waals surface area contributed by atoms with Crippen LogP contribution in [0.2, 0.25) is 0 Å². The van der Waals surface area contributed by atoms with E-state index in [9.17, 15) is 22.8 Å². The van der Waals surface area contributed by atoms with Crippen molar-refractivity contribution >= 4 is 17.7 Å². The molecular formula is C20H17F3N2O3. The van der Waals surface area contributed by atoms with Crippen molar-refractivity contribution in [1.29, 1.82) is 0 Å². The highest BCUT2D eigenvalue weighted by molar-refractivity contribution is 6.04. The number of ether oxygens (including phenoxy) is 1. The van der Waals surface area contributed by atoms with Crippen LogP contribution < -0.4 is 10.6 Å². The number of carbonyl (C=O) groups is 2. The van der Waals surface area contributed by atoms with Crippen molar-refractivity contribution in [2.24, 2.45) is 0 Å². The number of nitrogens with one attached hydrogen (secondary N) is 2. The van der Waals surface area contributed by atoms with Crippen LogP contribution in [0.15, 0.2) is 60.2 Å². The summed E-state index contributed by atoms with van der Waals surface area (Å²) in [5.74, 6) is -0.809. The SMILES string of the molecule is CCOC(=O)C1=C(c2ccccc2)NC(=O)N[C@@H]1c1ccccc1C(F)(F)F. The lowest BCUT2D eigenvalue weighted by molar-refractivity contribution is -0.140. The summed E-state index contributed by atoms with van der Waals surface area (Å²) < 4.78 is 45.7. The third-order valence-corrected chi connectivity index (χ3v) is 4.21. The van der Waals surface area contributed by atoms with Gasteiger partial charge in [0.25, 0.3) is 0 Å². The first-order valence-corrected chi connectivity index (χ1v) is 8.53. The van der Waals surface area contributed by atoms with Crippen LogP contribution in [0, 0.1) is 0 Å². The van der Waals surface area contributed by atoms with Gasteiger partial charge >= 0.3 is 18.2 Å². The Bertz CT molecular complexity index is 924. The topological polar surface area (TPSA) is 67.4 Å². The van der Waals surface area contributed by atoms with Crippen LogP contribution in [0.5, 0.6) is 0 Å². The Morgan fingerprint density at radius 2 is 1.71 bits per heavy atom. The Morgan fingerprint density at radius 1 is 1.07 bits per heavy atom. The van der Waals surface area contributed by atoms with Crippen molar-refractivity contribution in [2.45, 2.75) is 19.1 Å². The van der Waals surface area contributed by atoms with Gasteiger partial charge in [0.1, 0.15) is 0 Å². The van der Waals surface area contributed by atoms with E-state index in [0.717, 1.165) is 6.07 Å². The predicted octanol–water partition coefficient (Wildman–Crippen LogP) is 4.03. The highest BCUT2D eigenvalue weighted by atomic mass is 19.4. The Hall–Kier alpha value is -3.29. The second-order valence-corrected chi connectivity index (χ2v) is 5.99. The zero-order valence-electron chi connectivity index (χ0n) is 14.8. The smallest absolute Gasteiger partial charge is 0.416 e. The molecule has 146 valence electrons. The van der Waals surface area contributed by atoms with Crippen molar-refractivity contribution in [1.82, 2.24) is 10.6 Å². The van der Waals surface area contributed by atoms with Gasteiger partial charge in [0.05, 0.1) is 29.5 Å². The molecule has 0 bridgehead atoms. The average molecular weight is 390 g/mol. The molecule has 0 aliphatic carbocycles. The molecule has 0 aromatic heterocycles. The number of hydrogen-bond donors (Lipinski definition) is 2. The molecule has 0 saturated heterocycles. The number of benzene rings is 2. The molecular weight excluding hydrogens is 373 g/mol. The number of halogens is 3. The van der Waals surface area contributed by atoms with Gasteiger partial charge in [-0.1, -0.05) is 48.5 Å². The molecule has 2 amide bonds. The second kappa shape index (κ2) is 7.75. The molecule has 0 radical (unpaired) electrons. The molecule has 1 heterocycles. The lowest BCUT2D eigenvalue weighted by Gasteiger charge is -2.31. The first kappa shape index (κ1) is 19.5. The van der Waals surface area contributed by atoms with Gasteiger partial charge in [-0.3, -0.25) is 0 Å². The summed E-state index contributed by atoms with van der Waals surface area (Å²) in [6.07, 6.45) is -4.65. The first-order chi connectivity index (χ1) is 13.3. The fraction of sp³-hybridized carbons (Fsp3) is 0.200. The minimum absolute atomic E-state index is 0.0337. The maximum Gasteiger partial charge on any atom is 0.416 e. The van der Waals surface area contributed by atoms with Crippen LogP contribution in [0.3, 0.4) is 0 Å². The van der Waals surface area contributed by atoms with Crippen molar-refractivity contribution in [3.05, 3.63) is 76.9 Å². The molecule has 1 aliphatic heterocycles. The summed E-state index contributed by atoms with van der Waals surface area (Å²) in [6, 6.07) is 11.2. The average Bonchev–Trinajstić information content (AvgIpc) is 2.67. The maximum atomic E-state index is 13.5. The monoisotopic (exact) mass is 390 g/mol. The standard InChI is InChI=1S/C20H17F3N2O3/c1-2-28-18(26)15-16(12-8-4-3-5-9-12)24-19(27)25-17(15)13-10-6-7-11-14(13)20(21,22)23/h3-11,17H,2H2,1H3,(H2,24,25,27)/t17-/m1/s1. The largest absolute Gasteiger partial charge is 0.463 e. The predicted molar refractivity (Wildman–Crippen MR) is 95.8 cm³/mol. The van der Waals surface area contributed by atoms with Crippen LogP contribution >= 0.6 is 0 Å². The van der Waals surface area contributed by atoms with E-state index >= 15 is 0 Å². The number of alkyl halides is 3. The van der Waals surface area contributed by atoms with E-state index in [1.165, 1.54) is 18.2 Å². The van der Waals surface area contributed by atoms with Gasteiger partial charge in [0, 0.05) is 0 Å². The molecule has 0 saturated carbocycles. The third kappa shape index (κ3) is 3.85. The van der Waals surface area contributed by atoms with Gasteiger partial charge < -0.3 is 15.4 Å². The van der Waals surface area contributed by atoms with E-state index in [1.807, 2.05) is 0 Å². The highest BCUT2D eigenvalue weighted by Crippen LogP contribution is 2.39. The summed E-state index contributed by atoms with van der Waals surface area (Å²) in [5, 5.41) is 4.95. The fourth-order valence-corrected chi connectivity index (χ4v) is 3.07. The van der Waals surface area contributed by atoms with E-state index in [-0.39, 0.29) is 23.4 Å². The number of esters is 1. The van der Waals surface area contributed by atoms with Crippen LogP contribution in [-0.2, 0) is 15.7 Å². The molecule has 8 heteroatoms. The van der Waals surface area contributed by atoms with Crippen LogP contribution in [0.25, 0.3) is 5.70 Å². The van der Waals surface area contributed by atoms with E-state index in [4.69, 9.17) is 4.74 Å². The summed E-state index contributed by atoms with van der Waals surface area (Å²) in [4.78, 5) is 24.9. The van der Waals surface area contributed by atoms with Gasteiger partial charge in [-0.2, -0.15) is 13.2 Å². The van der Waals surface area contributed by atoms with E-state index < -0.39 is 29.8 Å². The summed E-state index contributed by atoms with van der Waals surface area (Å²) >= 11 is 0. The third-order valence-electron chi connectivity index (χ3n) is 4.21. The minimum atomic E-state index is -4.65. The molecule has 28 heavy (non-hydrogen) atoms. The number of amides is 2. The zero-order valence-corrected chi connectivity index (χ0v) is 14.8. The molecule has 2 aromatic rings. The number of urea groups is 1. The molecule has 2 N–H and O–H groups in total. The lowest BCUT2D eigenvalue weighted by Crippen LogP contribution is -2.45. The minimum Gasteiger partial charge on any atom is -0.463 e. The number of rotatable bonds is 4. The Labute approximate surface area is 159 Å². The molecule has 1 atom stereocenters. The molecule has 3 rings (SSSR count). The summed E-state index contributed by atoms with van der Waals surface area (Å²) in [6.45, 7) is 1.63. The lowest BCUT2D eigenvalue weighted by atomic mass is 9.89. The van der Waals surface area contributed by atoms with Crippen LogP contribution in [0.1, 0.15) is 29.7 Å². The van der Waals surface area contributed by atoms with Crippen LogP contribution in [0.4, 0.5) is 18.0 Å². The van der Waals surface area contributed by atoms with Crippen molar-refractivity contribution in [2.75, 3.05) is 6.61 Å². The van der Waals surface area contributed by atoms with Crippen molar-refractivity contribution in [3.8, 4) is 0 Å². The highest BCUT2D eigenvalue weighted by Gasteiger charge is 2.40. The van der Waals surface area contributed by atoms with E-state index in [1.54, 1.807) is 37.3 Å². The Morgan fingerprint density at radius 3 is 2.36 bits per heavy atom. The van der Waals surface area contributed by atoms with Crippen molar-refractivity contribution < 1.29 is 27.5 Å². The molecule has 5 nitrogen and oxygen atoms in total. The molecule has 0 unspecified atom stereocenters. The van der Waals surface area contributed by atoms with Gasteiger partial charge in [-0.25, -0.2) is 9.59 Å². The van der Waals surface area contributed by atoms with Crippen molar-refractivity contribution in [3.63, 3.8) is 0 Å². The zero-order chi connectivity index (χ0) is 20.3. The van der Waals surface area contributed by atoms with Gasteiger partial charge in [0.2, 0.25) is 0 Å². The number of hydrogen-bond acceptors (Lipinski definition) is 3. The van der Waals surface area contributed by atoms with Gasteiger partial charge in [0.15, 0.2) is 0 Å². The fourth-order valence-electron chi connectivity index (χ4n) is 3.07. The maximum absolute atomic E-state index is 13.5. The number of carbonyl (C=O) groups excluding carboxylic acids is 2. The molecule has 0 spiro atoms. The quantitative estimate of drug-likeness (QED) is 0.775. The molecule has 0 fully saturated rings. The molecule has 1 aliphatic rings. The summed E-state index contributed by atoms with van der Waals surface area (Å²) in [5.41, 5.74) is -0.665. The van der Waals surface area contributed by atoms with E-state index in [0.29, 0.717) is 5.56 Å². The molecule has 2 aromatic carbocycles. The second-order valence-electron chi connectivity index (χ2n) is 5.99. The van der Waals surface area contributed by atoms with Gasteiger partial charge in [-0.15, -0.1) is 0 Å². The Balaban J connectivity index is 2.25. The van der Waals surface area contributed by atoms with Crippen LogP contribution in [-0.4, -0.2) is 18.6 Å².